The number of unbranched alkanes of at least 4 members (excludes halogenated alkanes) is 4. The number of hydrogen-bond donors (Lipinski definition) is 0. The molecule has 0 aromatic heterocycles. The number of hydrogen-bond acceptors (Lipinski definition) is 2. The topological polar surface area (TPSA) is 26.3 Å². The summed E-state index contributed by atoms with van der Waals surface area (Å²) in [6, 6.07) is 22.7. The largest absolute Gasteiger partial charge is 0.444 e. The molecule has 1 fully saturated rings. The molecule has 0 radical (unpaired) electrons. The van der Waals surface area contributed by atoms with Crippen molar-refractivity contribution in [3.05, 3.63) is 95.6 Å². The Bertz CT molecular complexity index is 1400. The third kappa shape index (κ3) is 6.94. The fourth-order valence-corrected chi connectivity index (χ4v) is 6.51. The Morgan fingerprint density at radius 2 is 1.39 bits per heavy atom. The zero-order chi connectivity index (χ0) is 28.8. The molecule has 1 unspecified atom stereocenters. The normalized spacial score (nSPS) is 18.4. The second-order valence-electron chi connectivity index (χ2n) is 11.6. The molecule has 0 amide bonds. The number of alkyl halides is 3. The summed E-state index contributed by atoms with van der Waals surface area (Å²) in [5, 5.41) is 2.19. The van der Waals surface area contributed by atoms with Crippen LogP contribution in [0.15, 0.2) is 78.9 Å². The molecule has 0 heterocycles. The van der Waals surface area contributed by atoms with E-state index in [2.05, 4.69) is 6.92 Å². The van der Waals surface area contributed by atoms with Gasteiger partial charge in [0.15, 0.2) is 0 Å². The number of esters is 1. The molecular formula is C36H39F3O2. The predicted octanol–water partition coefficient (Wildman–Crippen LogP) is 11.1. The zero-order valence-corrected chi connectivity index (χ0v) is 23.8. The van der Waals surface area contributed by atoms with E-state index in [9.17, 15) is 18.0 Å². The van der Waals surface area contributed by atoms with Crippen LogP contribution < -0.4 is 0 Å². The monoisotopic (exact) mass is 560 g/mol. The Labute approximate surface area is 240 Å². The van der Waals surface area contributed by atoms with Gasteiger partial charge in [0, 0.05) is 5.56 Å². The van der Waals surface area contributed by atoms with Crippen LogP contribution in [0.4, 0.5) is 13.2 Å². The maximum absolute atomic E-state index is 14.5. The fourth-order valence-electron chi connectivity index (χ4n) is 6.51. The number of benzene rings is 4. The van der Waals surface area contributed by atoms with E-state index in [1.54, 1.807) is 60.7 Å². The highest BCUT2D eigenvalue weighted by Crippen LogP contribution is 2.43. The maximum Gasteiger partial charge on any atom is 0.429 e. The van der Waals surface area contributed by atoms with E-state index in [1.807, 2.05) is 18.2 Å². The van der Waals surface area contributed by atoms with Crippen LogP contribution in [-0.4, -0.2) is 12.1 Å². The lowest BCUT2D eigenvalue weighted by Gasteiger charge is -2.29. The van der Waals surface area contributed by atoms with E-state index in [0.717, 1.165) is 24.3 Å². The van der Waals surface area contributed by atoms with Gasteiger partial charge in [-0.05, 0) is 82.8 Å². The molecule has 0 N–H and O–H groups in total. The predicted molar refractivity (Wildman–Crippen MR) is 160 cm³/mol. The first-order chi connectivity index (χ1) is 19.8. The molecule has 1 atom stereocenters. The minimum absolute atomic E-state index is 0.0294. The van der Waals surface area contributed by atoms with Gasteiger partial charge in [-0.15, -0.1) is 0 Å². The summed E-state index contributed by atoms with van der Waals surface area (Å²) >= 11 is 0. The third-order valence-electron chi connectivity index (χ3n) is 8.78. The third-order valence-corrected chi connectivity index (χ3v) is 8.78. The first kappa shape index (κ1) is 29.2. The van der Waals surface area contributed by atoms with Crippen LogP contribution in [0.2, 0.25) is 0 Å². The van der Waals surface area contributed by atoms with Crippen LogP contribution in [0.3, 0.4) is 0 Å². The fraction of sp³-hybridized carbons (Fsp3) is 0.417. The SMILES string of the molecule is CCCCCCC[C@H]1CC[C@H](c2ccc(C(=O)OC(c3c4ccccc4cc4ccccc34)C(F)(F)F)cc2)CC1. The number of halogens is 3. The van der Waals surface area contributed by atoms with E-state index in [-0.39, 0.29) is 11.1 Å². The molecule has 0 saturated heterocycles. The van der Waals surface area contributed by atoms with Crippen molar-refractivity contribution in [2.24, 2.45) is 5.92 Å². The van der Waals surface area contributed by atoms with E-state index in [1.165, 1.54) is 51.4 Å². The lowest BCUT2D eigenvalue weighted by molar-refractivity contribution is -0.206. The van der Waals surface area contributed by atoms with Gasteiger partial charge in [0.25, 0.3) is 0 Å². The number of fused-ring (bicyclic) bond motifs is 2. The summed E-state index contributed by atoms with van der Waals surface area (Å²) in [5.41, 5.74) is 1.25. The molecule has 1 aliphatic rings. The molecule has 5 heteroatoms. The van der Waals surface area contributed by atoms with E-state index >= 15 is 0 Å². The van der Waals surface area contributed by atoms with Gasteiger partial charge in [-0.2, -0.15) is 13.2 Å². The van der Waals surface area contributed by atoms with Crippen LogP contribution in [-0.2, 0) is 4.74 Å². The Kier molecular flexibility index (Phi) is 9.32. The van der Waals surface area contributed by atoms with Gasteiger partial charge in [0.1, 0.15) is 0 Å². The second-order valence-corrected chi connectivity index (χ2v) is 11.6. The van der Waals surface area contributed by atoms with Crippen LogP contribution >= 0.6 is 0 Å². The van der Waals surface area contributed by atoms with Crippen LogP contribution in [0.5, 0.6) is 0 Å². The molecule has 2 nitrogen and oxygen atoms in total. The van der Waals surface area contributed by atoms with E-state index in [0.29, 0.717) is 27.5 Å². The average Bonchev–Trinajstić information content (AvgIpc) is 2.98. The number of carbonyl (C=O) groups is 1. The summed E-state index contributed by atoms with van der Waals surface area (Å²) < 4.78 is 48.9. The van der Waals surface area contributed by atoms with E-state index < -0.39 is 18.2 Å². The van der Waals surface area contributed by atoms with Crippen molar-refractivity contribution in [2.75, 3.05) is 0 Å². The lowest BCUT2D eigenvalue weighted by atomic mass is 9.77. The molecule has 1 aliphatic carbocycles. The molecular weight excluding hydrogens is 521 g/mol. The van der Waals surface area contributed by atoms with Crippen molar-refractivity contribution < 1.29 is 22.7 Å². The van der Waals surface area contributed by atoms with Gasteiger partial charge in [0.2, 0.25) is 6.10 Å². The standard InChI is InChI=1S/C36H39F3O2/c1-2-3-4-5-6-11-25-16-18-26(19-17-25)27-20-22-28(23-21-27)35(40)41-34(36(37,38)39)33-31-14-9-7-12-29(31)24-30-13-8-10-15-32(30)33/h7-10,12-15,20-26,34H,2-6,11,16-19H2,1H3/t25-,26-,34?. The van der Waals surface area contributed by atoms with Gasteiger partial charge in [0.05, 0.1) is 5.56 Å². The number of ether oxygens (including phenoxy) is 1. The second kappa shape index (κ2) is 13.1. The van der Waals surface area contributed by atoms with Crippen molar-refractivity contribution in [3.8, 4) is 0 Å². The molecule has 41 heavy (non-hydrogen) atoms. The smallest absolute Gasteiger partial charge is 0.429 e. The molecule has 216 valence electrons. The van der Waals surface area contributed by atoms with Gasteiger partial charge in [-0.1, -0.05) is 106 Å². The van der Waals surface area contributed by atoms with Gasteiger partial charge >= 0.3 is 12.1 Å². The molecule has 0 aliphatic heterocycles. The van der Waals surface area contributed by atoms with Crippen LogP contribution in [0.1, 0.15) is 105 Å². The van der Waals surface area contributed by atoms with Crippen molar-refractivity contribution in [3.63, 3.8) is 0 Å². The number of carbonyl (C=O) groups excluding carboxylic acids is 1. The molecule has 4 aromatic rings. The first-order valence-corrected chi connectivity index (χ1v) is 15.1. The van der Waals surface area contributed by atoms with Crippen molar-refractivity contribution in [1.82, 2.24) is 0 Å². The van der Waals surface area contributed by atoms with Crippen LogP contribution in [0, 0.1) is 5.92 Å². The minimum Gasteiger partial charge on any atom is -0.444 e. The molecule has 0 bridgehead atoms. The van der Waals surface area contributed by atoms with Crippen molar-refractivity contribution in [2.45, 2.75) is 89.3 Å². The summed E-state index contributed by atoms with van der Waals surface area (Å²) in [6.07, 6.45) is 5.40. The van der Waals surface area contributed by atoms with Gasteiger partial charge < -0.3 is 4.74 Å². The van der Waals surface area contributed by atoms with Crippen LogP contribution in [0.25, 0.3) is 21.5 Å². The van der Waals surface area contributed by atoms with E-state index in [4.69, 9.17) is 4.74 Å². The molecule has 1 saturated carbocycles. The summed E-state index contributed by atoms with van der Waals surface area (Å²) in [7, 11) is 0. The minimum atomic E-state index is -4.78. The molecule has 5 rings (SSSR count). The lowest BCUT2D eigenvalue weighted by Crippen LogP contribution is -2.27. The summed E-state index contributed by atoms with van der Waals surface area (Å²) in [5.74, 6) is 0.260. The van der Waals surface area contributed by atoms with Crippen molar-refractivity contribution in [1.29, 1.82) is 0 Å². The zero-order valence-electron chi connectivity index (χ0n) is 23.8. The summed E-state index contributed by atoms with van der Waals surface area (Å²) in [6.45, 7) is 2.24. The Morgan fingerprint density at radius 3 is 1.98 bits per heavy atom. The van der Waals surface area contributed by atoms with Gasteiger partial charge in [-0.3, -0.25) is 0 Å². The average molecular weight is 561 g/mol. The quantitative estimate of drug-likeness (QED) is 0.110. The highest BCUT2D eigenvalue weighted by molar-refractivity contribution is 6.03. The molecule has 0 spiro atoms. The van der Waals surface area contributed by atoms with Gasteiger partial charge in [-0.25, -0.2) is 4.79 Å². The molecule has 4 aromatic carbocycles. The highest BCUT2D eigenvalue weighted by Gasteiger charge is 2.46. The Hall–Kier alpha value is -3.34. The first-order valence-electron chi connectivity index (χ1n) is 15.1. The van der Waals surface area contributed by atoms with Crippen molar-refractivity contribution >= 4 is 27.5 Å². The number of rotatable bonds is 10. The summed E-state index contributed by atoms with van der Waals surface area (Å²) in [4.78, 5) is 13.1. The highest BCUT2D eigenvalue weighted by atomic mass is 19.4. The Balaban J connectivity index is 1.29. The maximum atomic E-state index is 14.5. The Morgan fingerprint density at radius 1 is 0.805 bits per heavy atom.